The van der Waals surface area contributed by atoms with E-state index in [0.29, 0.717) is 18.0 Å². The Morgan fingerprint density at radius 1 is 1.22 bits per heavy atom. The molecule has 0 unspecified atom stereocenters. The first-order chi connectivity index (χ1) is 8.79. The summed E-state index contributed by atoms with van der Waals surface area (Å²) in [5.74, 6) is 0.376. The van der Waals surface area contributed by atoms with E-state index in [1.165, 1.54) is 0 Å². The molecule has 0 radical (unpaired) electrons. The second kappa shape index (κ2) is 5.93. The van der Waals surface area contributed by atoms with E-state index in [1.807, 2.05) is 18.2 Å². The molecule has 4 heteroatoms. The minimum absolute atomic E-state index is 0.169. The molecular weight excluding hydrogens is 228 g/mol. The molecule has 18 heavy (non-hydrogen) atoms. The monoisotopic (exact) mass is 242 g/mol. The van der Waals surface area contributed by atoms with Gasteiger partial charge >= 0.3 is 0 Å². The number of nitrogens with zero attached hydrogens (tertiary/aromatic N) is 1. The smallest absolute Gasteiger partial charge is 0.256 e. The molecule has 1 aromatic heterocycles. The lowest BCUT2D eigenvalue weighted by molar-refractivity contribution is 0.102. The van der Waals surface area contributed by atoms with Gasteiger partial charge in [-0.05, 0) is 29.8 Å². The maximum absolute atomic E-state index is 11.9. The van der Waals surface area contributed by atoms with E-state index in [1.54, 1.807) is 37.6 Å². The van der Waals surface area contributed by atoms with Crippen LogP contribution in [0.15, 0.2) is 48.7 Å². The second-order valence-corrected chi connectivity index (χ2v) is 3.80. The number of rotatable bonds is 4. The predicted octanol–water partition coefficient (Wildman–Crippen LogP) is 2.48. The topological polar surface area (TPSA) is 51.2 Å². The van der Waals surface area contributed by atoms with Crippen molar-refractivity contribution in [2.24, 2.45) is 0 Å². The van der Waals surface area contributed by atoms with E-state index in [-0.39, 0.29) is 5.91 Å². The number of pyridine rings is 1. The number of hydrogen-bond acceptors (Lipinski definition) is 3. The highest BCUT2D eigenvalue weighted by molar-refractivity contribution is 6.03. The minimum atomic E-state index is -0.169. The largest absolute Gasteiger partial charge is 0.380 e. The number of carbonyl (C=O) groups excluding carboxylic acids is 1. The lowest BCUT2D eigenvalue weighted by Crippen LogP contribution is -2.12. The average molecular weight is 242 g/mol. The van der Waals surface area contributed by atoms with Gasteiger partial charge in [-0.2, -0.15) is 0 Å². The highest BCUT2D eigenvalue weighted by atomic mass is 16.5. The number of carbonyl (C=O) groups is 1. The summed E-state index contributed by atoms with van der Waals surface area (Å²) in [4.78, 5) is 15.9. The number of amides is 1. The summed E-state index contributed by atoms with van der Waals surface area (Å²) in [5, 5.41) is 2.73. The van der Waals surface area contributed by atoms with Gasteiger partial charge < -0.3 is 10.1 Å². The van der Waals surface area contributed by atoms with Crippen LogP contribution >= 0.6 is 0 Å². The van der Waals surface area contributed by atoms with E-state index in [2.05, 4.69) is 10.3 Å². The van der Waals surface area contributed by atoms with Gasteiger partial charge in [0.05, 0.1) is 6.61 Å². The summed E-state index contributed by atoms with van der Waals surface area (Å²) >= 11 is 0. The summed E-state index contributed by atoms with van der Waals surface area (Å²) in [6, 6.07) is 12.7. The summed E-state index contributed by atoms with van der Waals surface area (Å²) in [6.07, 6.45) is 1.64. The first kappa shape index (κ1) is 12.3. The van der Waals surface area contributed by atoms with E-state index in [9.17, 15) is 4.79 Å². The van der Waals surface area contributed by atoms with Crippen LogP contribution in [-0.2, 0) is 11.3 Å². The van der Waals surface area contributed by atoms with E-state index < -0.39 is 0 Å². The van der Waals surface area contributed by atoms with Gasteiger partial charge in [0.2, 0.25) is 0 Å². The third-order valence-electron chi connectivity index (χ3n) is 2.43. The van der Waals surface area contributed by atoms with Crippen LogP contribution in [0.4, 0.5) is 5.82 Å². The normalized spacial score (nSPS) is 10.1. The number of anilines is 1. The van der Waals surface area contributed by atoms with Crippen molar-refractivity contribution >= 4 is 11.7 Å². The molecule has 1 amide bonds. The Bertz CT molecular complexity index is 509. The molecule has 0 saturated carbocycles. The molecule has 2 aromatic rings. The highest BCUT2D eigenvalue weighted by Crippen LogP contribution is 2.08. The zero-order valence-electron chi connectivity index (χ0n) is 10.1. The first-order valence-electron chi connectivity index (χ1n) is 5.60. The summed E-state index contributed by atoms with van der Waals surface area (Å²) in [7, 11) is 1.64. The maximum atomic E-state index is 11.9. The SMILES string of the molecule is COCc1ccc(C(=O)Nc2ccccn2)cc1. The molecule has 0 aliphatic heterocycles. The number of hydrogen-bond donors (Lipinski definition) is 1. The number of nitrogens with one attached hydrogen (secondary N) is 1. The molecule has 0 atom stereocenters. The van der Waals surface area contributed by atoms with Crippen LogP contribution in [-0.4, -0.2) is 18.0 Å². The Hall–Kier alpha value is -2.20. The molecule has 0 bridgehead atoms. The molecular formula is C14H14N2O2. The van der Waals surface area contributed by atoms with Crippen molar-refractivity contribution in [2.75, 3.05) is 12.4 Å². The first-order valence-corrected chi connectivity index (χ1v) is 5.60. The number of benzene rings is 1. The van der Waals surface area contributed by atoms with E-state index in [4.69, 9.17) is 4.74 Å². The zero-order chi connectivity index (χ0) is 12.8. The standard InChI is InChI=1S/C14H14N2O2/c1-18-10-11-5-7-12(8-6-11)14(17)16-13-4-2-3-9-15-13/h2-9H,10H2,1H3,(H,15,16,17). The summed E-state index contributed by atoms with van der Waals surface area (Å²) < 4.78 is 5.01. The van der Waals surface area contributed by atoms with Crippen molar-refractivity contribution in [1.82, 2.24) is 4.98 Å². The fourth-order valence-corrected chi connectivity index (χ4v) is 1.54. The minimum Gasteiger partial charge on any atom is -0.380 e. The highest BCUT2D eigenvalue weighted by Gasteiger charge is 2.06. The maximum Gasteiger partial charge on any atom is 0.256 e. The van der Waals surface area contributed by atoms with E-state index >= 15 is 0 Å². The van der Waals surface area contributed by atoms with Gasteiger partial charge in [-0.25, -0.2) is 4.98 Å². The van der Waals surface area contributed by atoms with Gasteiger partial charge in [-0.3, -0.25) is 4.79 Å². The van der Waals surface area contributed by atoms with Crippen LogP contribution in [0.25, 0.3) is 0 Å². The van der Waals surface area contributed by atoms with Crippen LogP contribution in [0, 0.1) is 0 Å². The Morgan fingerprint density at radius 3 is 2.61 bits per heavy atom. The third-order valence-corrected chi connectivity index (χ3v) is 2.43. The second-order valence-electron chi connectivity index (χ2n) is 3.80. The fraction of sp³-hybridized carbons (Fsp3) is 0.143. The average Bonchev–Trinajstić information content (AvgIpc) is 2.41. The van der Waals surface area contributed by atoms with Crippen LogP contribution in [0.1, 0.15) is 15.9 Å². The molecule has 0 fully saturated rings. The Morgan fingerprint density at radius 2 is 2.00 bits per heavy atom. The van der Waals surface area contributed by atoms with Crippen molar-refractivity contribution in [1.29, 1.82) is 0 Å². The van der Waals surface area contributed by atoms with Crippen LogP contribution in [0.3, 0.4) is 0 Å². The van der Waals surface area contributed by atoms with Crippen LogP contribution in [0.5, 0.6) is 0 Å². The molecule has 4 nitrogen and oxygen atoms in total. The van der Waals surface area contributed by atoms with Gasteiger partial charge in [0.25, 0.3) is 5.91 Å². The van der Waals surface area contributed by atoms with Gasteiger partial charge in [-0.1, -0.05) is 18.2 Å². The molecule has 2 rings (SSSR count). The fourth-order valence-electron chi connectivity index (χ4n) is 1.54. The quantitative estimate of drug-likeness (QED) is 0.896. The predicted molar refractivity (Wildman–Crippen MR) is 69.3 cm³/mol. The van der Waals surface area contributed by atoms with Gasteiger partial charge in [0.15, 0.2) is 0 Å². The Kier molecular flexibility index (Phi) is 4.04. The molecule has 0 aliphatic rings. The molecule has 0 spiro atoms. The molecule has 1 N–H and O–H groups in total. The number of aromatic nitrogens is 1. The zero-order valence-corrected chi connectivity index (χ0v) is 10.1. The van der Waals surface area contributed by atoms with E-state index in [0.717, 1.165) is 5.56 Å². The lowest BCUT2D eigenvalue weighted by atomic mass is 10.1. The van der Waals surface area contributed by atoms with Gasteiger partial charge in [0.1, 0.15) is 5.82 Å². The van der Waals surface area contributed by atoms with Gasteiger partial charge in [0, 0.05) is 18.9 Å². The van der Waals surface area contributed by atoms with Crippen LogP contribution < -0.4 is 5.32 Å². The Balaban J connectivity index is 2.05. The van der Waals surface area contributed by atoms with Gasteiger partial charge in [-0.15, -0.1) is 0 Å². The summed E-state index contributed by atoms with van der Waals surface area (Å²) in [5.41, 5.74) is 1.63. The molecule has 92 valence electrons. The van der Waals surface area contributed by atoms with Crippen LogP contribution in [0.2, 0.25) is 0 Å². The number of ether oxygens (including phenoxy) is 1. The van der Waals surface area contributed by atoms with Crippen molar-refractivity contribution in [3.05, 3.63) is 59.8 Å². The summed E-state index contributed by atoms with van der Waals surface area (Å²) in [6.45, 7) is 0.544. The molecule has 0 aliphatic carbocycles. The number of methoxy groups -OCH3 is 1. The Labute approximate surface area is 106 Å². The molecule has 1 heterocycles. The van der Waals surface area contributed by atoms with Crippen molar-refractivity contribution in [3.8, 4) is 0 Å². The third kappa shape index (κ3) is 3.15. The lowest BCUT2D eigenvalue weighted by Gasteiger charge is -2.05. The molecule has 0 saturated heterocycles. The molecule has 1 aromatic carbocycles. The van der Waals surface area contributed by atoms with Crippen molar-refractivity contribution < 1.29 is 9.53 Å². The van der Waals surface area contributed by atoms with Crippen molar-refractivity contribution in [3.63, 3.8) is 0 Å². The van der Waals surface area contributed by atoms with Crippen molar-refractivity contribution in [2.45, 2.75) is 6.61 Å².